The Morgan fingerprint density at radius 3 is 2.40 bits per heavy atom. The number of guanidine groups is 1. The van der Waals surface area contributed by atoms with E-state index in [1.54, 1.807) is 6.20 Å². The fraction of sp³-hybridized carbons (Fsp3) is 0.600. The van der Waals surface area contributed by atoms with Crippen LogP contribution in [0.5, 0.6) is 5.88 Å². The van der Waals surface area contributed by atoms with Crippen molar-refractivity contribution in [2.75, 3.05) is 13.1 Å². The molecule has 1 rings (SSSR count). The summed E-state index contributed by atoms with van der Waals surface area (Å²) in [6, 6.07) is 3.83. The average Bonchev–Trinajstić information content (AvgIpc) is 2.37. The molecule has 112 valence electrons. The molecule has 0 aliphatic carbocycles. The third kappa shape index (κ3) is 5.47. The van der Waals surface area contributed by atoms with E-state index in [0.717, 1.165) is 18.7 Å². The molecule has 5 nitrogen and oxygen atoms in total. The van der Waals surface area contributed by atoms with Crippen molar-refractivity contribution < 1.29 is 4.74 Å². The Bertz CT molecular complexity index is 430. The zero-order valence-corrected chi connectivity index (χ0v) is 13.2. The first-order valence-corrected chi connectivity index (χ1v) is 7.04. The van der Waals surface area contributed by atoms with Crippen molar-refractivity contribution in [3.63, 3.8) is 0 Å². The number of aromatic nitrogens is 1. The van der Waals surface area contributed by atoms with E-state index in [4.69, 9.17) is 10.5 Å². The monoisotopic (exact) mass is 278 g/mol. The van der Waals surface area contributed by atoms with Crippen molar-refractivity contribution in [3.05, 3.63) is 23.9 Å². The lowest BCUT2D eigenvalue weighted by atomic mass is 10.2. The van der Waals surface area contributed by atoms with Gasteiger partial charge in [0.25, 0.3) is 0 Å². The predicted molar refractivity (Wildman–Crippen MR) is 82.9 cm³/mol. The minimum Gasteiger partial charge on any atom is -0.472 e. The van der Waals surface area contributed by atoms with Crippen LogP contribution >= 0.6 is 0 Å². The van der Waals surface area contributed by atoms with Crippen LogP contribution < -0.4 is 10.5 Å². The molecule has 5 heteroatoms. The molecule has 20 heavy (non-hydrogen) atoms. The van der Waals surface area contributed by atoms with Crippen LogP contribution in [0.3, 0.4) is 0 Å². The summed E-state index contributed by atoms with van der Waals surface area (Å²) in [6.07, 6.45) is 1.78. The van der Waals surface area contributed by atoms with Crippen molar-refractivity contribution in [1.29, 1.82) is 0 Å². The summed E-state index contributed by atoms with van der Waals surface area (Å²) in [6.45, 7) is 12.4. The van der Waals surface area contributed by atoms with Crippen LogP contribution in [0.15, 0.2) is 23.3 Å². The molecular formula is C15H26N4O. The number of ether oxygens (including phenoxy) is 1. The third-order valence-electron chi connectivity index (χ3n) is 2.72. The molecule has 2 N–H and O–H groups in total. The van der Waals surface area contributed by atoms with E-state index in [2.05, 4.69) is 23.8 Å². The molecule has 0 atom stereocenters. The normalized spacial score (nSPS) is 12.3. The van der Waals surface area contributed by atoms with Crippen LogP contribution in [0.2, 0.25) is 0 Å². The van der Waals surface area contributed by atoms with Crippen molar-refractivity contribution >= 4 is 5.96 Å². The first-order valence-electron chi connectivity index (χ1n) is 7.04. The van der Waals surface area contributed by atoms with E-state index >= 15 is 0 Å². The highest BCUT2D eigenvalue weighted by atomic mass is 16.5. The highest BCUT2D eigenvalue weighted by Crippen LogP contribution is 2.15. The molecule has 1 aromatic heterocycles. The van der Waals surface area contributed by atoms with Gasteiger partial charge in [-0.15, -0.1) is 0 Å². The van der Waals surface area contributed by atoms with Crippen LogP contribution in [0.1, 0.15) is 40.2 Å². The molecule has 0 saturated heterocycles. The molecule has 0 unspecified atom stereocenters. The van der Waals surface area contributed by atoms with Gasteiger partial charge in [0.1, 0.15) is 5.60 Å². The van der Waals surface area contributed by atoms with Gasteiger partial charge in [-0.05, 0) is 40.2 Å². The van der Waals surface area contributed by atoms with Gasteiger partial charge in [-0.2, -0.15) is 0 Å². The maximum atomic E-state index is 5.93. The highest BCUT2D eigenvalue weighted by molar-refractivity contribution is 5.77. The Labute approximate surface area is 121 Å². The van der Waals surface area contributed by atoms with Gasteiger partial charge in [-0.1, -0.05) is 6.07 Å². The van der Waals surface area contributed by atoms with Gasteiger partial charge in [0.2, 0.25) is 5.88 Å². The summed E-state index contributed by atoms with van der Waals surface area (Å²) in [5.74, 6) is 1.20. The fourth-order valence-electron chi connectivity index (χ4n) is 1.70. The van der Waals surface area contributed by atoms with Gasteiger partial charge in [-0.3, -0.25) is 0 Å². The third-order valence-corrected chi connectivity index (χ3v) is 2.72. The second-order valence-electron chi connectivity index (χ2n) is 5.57. The minimum absolute atomic E-state index is 0.236. The Balaban J connectivity index is 2.64. The Morgan fingerprint density at radius 2 is 1.95 bits per heavy atom. The predicted octanol–water partition coefficient (Wildman–Crippen LogP) is 2.42. The average molecular weight is 278 g/mol. The number of rotatable bonds is 5. The number of nitrogens with two attached hydrogens (primary N) is 1. The van der Waals surface area contributed by atoms with E-state index in [1.165, 1.54) is 0 Å². The molecule has 0 aliphatic rings. The van der Waals surface area contributed by atoms with Crippen LogP contribution in [0, 0.1) is 0 Å². The SMILES string of the molecule is CCN(CC)C(N)=NCc1ccc(OC(C)(C)C)nc1. The first kappa shape index (κ1) is 16.3. The number of hydrogen-bond acceptors (Lipinski definition) is 3. The van der Waals surface area contributed by atoms with E-state index in [0.29, 0.717) is 18.4 Å². The molecule has 0 amide bonds. The van der Waals surface area contributed by atoms with Crippen molar-refractivity contribution in [1.82, 2.24) is 9.88 Å². The van der Waals surface area contributed by atoms with Gasteiger partial charge >= 0.3 is 0 Å². The molecule has 0 radical (unpaired) electrons. The Kier molecular flexibility index (Phi) is 5.80. The van der Waals surface area contributed by atoms with E-state index in [-0.39, 0.29) is 5.60 Å². The second kappa shape index (κ2) is 7.12. The number of aliphatic imine (C=N–C) groups is 1. The van der Waals surface area contributed by atoms with E-state index < -0.39 is 0 Å². The van der Waals surface area contributed by atoms with E-state index in [1.807, 2.05) is 37.8 Å². The zero-order chi connectivity index (χ0) is 15.2. The first-order chi connectivity index (χ1) is 9.35. The van der Waals surface area contributed by atoms with Crippen molar-refractivity contribution in [3.8, 4) is 5.88 Å². The summed E-state index contributed by atoms with van der Waals surface area (Å²) in [5, 5.41) is 0. The highest BCUT2D eigenvalue weighted by Gasteiger charge is 2.12. The second-order valence-corrected chi connectivity index (χ2v) is 5.57. The van der Waals surface area contributed by atoms with Crippen molar-refractivity contribution in [2.45, 2.75) is 46.8 Å². The minimum atomic E-state index is -0.236. The van der Waals surface area contributed by atoms with Crippen LogP contribution in [-0.2, 0) is 6.54 Å². The maximum absolute atomic E-state index is 5.93. The maximum Gasteiger partial charge on any atom is 0.213 e. The molecule has 1 aromatic rings. The lowest BCUT2D eigenvalue weighted by Crippen LogP contribution is -2.37. The molecule has 0 aromatic carbocycles. The smallest absolute Gasteiger partial charge is 0.213 e. The molecule has 0 fully saturated rings. The summed E-state index contributed by atoms with van der Waals surface area (Å²) >= 11 is 0. The van der Waals surface area contributed by atoms with Gasteiger partial charge in [-0.25, -0.2) is 9.98 Å². The quantitative estimate of drug-likeness (QED) is 0.663. The molecular weight excluding hydrogens is 252 g/mol. The lowest BCUT2D eigenvalue weighted by Gasteiger charge is -2.20. The van der Waals surface area contributed by atoms with Gasteiger partial charge in [0.05, 0.1) is 6.54 Å². The molecule has 0 saturated carbocycles. The number of nitrogens with zero attached hydrogens (tertiary/aromatic N) is 3. The molecule has 1 heterocycles. The van der Waals surface area contributed by atoms with Crippen molar-refractivity contribution in [2.24, 2.45) is 10.7 Å². The number of pyridine rings is 1. The van der Waals surface area contributed by atoms with Gasteiger partial charge in [0, 0.05) is 25.4 Å². The van der Waals surface area contributed by atoms with Crippen LogP contribution in [-0.4, -0.2) is 34.5 Å². The Hall–Kier alpha value is -1.78. The fourth-order valence-corrected chi connectivity index (χ4v) is 1.70. The molecule has 0 spiro atoms. The lowest BCUT2D eigenvalue weighted by molar-refractivity contribution is 0.124. The molecule has 0 aliphatic heterocycles. The number of hydrogen-bond donors (Lipinski definition) is 1. The van der Waals surface area contributed by atoms with E-state index in [9.17, 15) is 0 Å². The summed E-state index contributed by atoms with van der Waals surface area (Å²) in [7, 11) is 0. The summed E-state index contributed by atoms with van der Waals surface area (Å²) in [4.78, 5) is 10.7. The largest absolute Gasteiger partial charge is 0.472 e. The molecule has 0 bridgehead atoms. The Morgan fingerprint density at radius 1 is 1.30 bits per heavy atom. The van der Waals surface area contributed by atoms with Crippen LogP contribution in [0.25, 0.3) is 0 Å². The van der Waals surface area contributed by atoms with Gasteiger partial charge in [0.15, 0.2) is 5.96 Å². The summed E-state index contributed by atoms with van der Waals surface area (Å²) in [5.41, 5.74) is 6.71. The van der Waals surface area contributed by atoms with Crippen LogP contribution in [0.4, 0.5) is 0 Å². The standard InChI is InChI=1S/C15H26N4O/c1-6-19(7-2)14(16)18-11-12-8-9-13(17-10-12)20-15(3,4)5/h8-10H,6-7,11H2,1-5H3,(H2,16,18). The summed E-state index contributed by atoms with van der Waals surface area (Å²) < 4.78 is 5.68. The topological polar surface area (TPSA) is 63.7 Å². The zero-order valence-electron chi connectivity index (χ0n) is 13.2. The van der Waals surface area contributed by atoms with Gasteiger partial charge < -0.3 is 15.4 Å².